The third-order valence-corrected chi connectivity index (χ3v) is 6.77. The van der Waals surface area contributed by atoms with Crippen molar-refractivity contribution in [2.45, 2.75) is 17.4 Å². The van der Waals surface area contributed by atoms with Gasteiger partial charge in [0.05, 0.1) is 6.26 Å². The number of halogens is 1. The number of nitrogens with one attached hydrogen (secondary N) is 2. The fourth-order valence-electron chi connectivity index (χ4n) is 2.45. The van der Waals surface area contributed by atoms with Crippen molar-refractivity contribution in [3.05, 3.63) is 53.9 Å². The molecule has 3 rings (SSSR count). The van der Waals surface area contributed by atoms with Crippen LogP contribution in [0.2, 0.25) is 0 Å². The number of aromatic nitrogens is 1. The summed E-state index contributed by atoms with van der Waals surface area (Å²) in [5.41, 5.74) is 0.558. The predicted octanol–water partition coefficient (Wildman–Crippen LogP) is 3.58. The van der Waals surface area contributed by atoms with E-state index < -0.39 is 32.7 Å². The molecule has 0 saturated carbocycles. The number of anilines is 1. The third kappa shape index (κ3) is 5.44. The van der Waals surface area contributed by atoms with E-state index in [1.165, 1.54) is 41.5 Å². The molecule has 0 aliphatic heterocycles. The molecule has 29 heavy (non-hydrogen) atoms. The number of amides is 1. The number of hydrogen-bond acceptors (Lipinski definition) is 7. The fraction of sp³-hybridized carbons (Fsp3) is 0.222. The normalized spacial score (nSPS) is 12.6. The lowest BCUT2D eigenvalue weighted by Gasteiger charge is -2.17. The smallest absolute Gasteiger partial charge is 0.244 e. The zero-order valence-corrected chi connectivity index (χ0v) is 17.7. The number of thioether (sulfide) groups is 1. The third-order valence-electron chi connectivity index (χ3n) is 3.86. The molecule has 0 radical (unpaired) electrons. The first kappa shape index (κ1) is 21.5. The molecule has 11 heteroatoms. The molecule has 3 aromatic rings. The number of furan rings is 1. The molecule has 2 heterocycles. The molecule has 2 aromatic heterocycles. The van der Waals surface area contributed by atoms with Crippen LogP contribution in [0.3, 0.4) is 0 Å². The Morgan fingerprint density at radius 2 is 2.10 bits per heavy atom. The van der Waals surface area contributed by atoms with Crippen LogP contribution in [0.1, 0.15) is 6.42 Å². The Morgan fingerprint density at radius 1 is 1.31 bits per heavy atom. The standard InChI is InChI=1S/C18H18FN3O4S3/c1-27-10-8-13(22-29(24,25)16-7-3-2-5-12(16)19)17(23)21-18-20-14(11-28-18)15-6-4-9-26-15/h2-7,9,11,13,22H,8,10H2,1H3,(H,20,21,23). The second-order valence-corrected chi connectivity index (χ2v) is 9.42. The van der Waals surface area contributed by atoms with Gasteiger partial charge in [0.2, 0.25) is 15.9 Å². The zero-order chi connectivity index (χ0) is 20.9. The highest BCUT2D eigenvalue weighted by Gasteiger charge is 2.28. The zero-order valence-electron chi connectivity index (χ0n) is 15.3. The maximum Gasteiger partial charge on any atom is 0.244 e. The van der Waals surface area contributed by atoms with E-state index in [0.717, 1.165) is 12.1 Å². The molecule has 7 nitrogen and oxygen atoms in total. The van der Waals surface area contributed by atoms with Crippen LogP contribution in [0.25, 0.3) is 11.5 Å². The molecule has 2 N–H and O–H groups in total. The molecule has 0 aliphatic rings. The van der Waals surface area contributed by atoms with E-state index in [0.29, 0.717) is 22.3 Å². The molecule has 154 valence electrons. The predicted molar refractivity (Wildman–Crippen MR) is 112 cm³/mol. The van der Waals surface area contributed by atoms with Gasteiger partial charge in [-0.1, -0.05) is 12.1 Å². The maximum absolute atomic E-state index is 13.9. The molecule has 1 aromatic carbocycles. The molecule has 0 bridgehead atoms. The Hall–Kier alpha value is -2.21. The van der Waals surface area contributed by atoms with Crippen LogP contribution in [0.5, 0.6) is 0 Å². The molecule has 0 saturated heterocycles. The molecule has 0 aliphatic carbocycles. The van der Waals surface area contributed by atoms with Gasteiger partial charge in [0, 0.05) is 5.38 Å². The Kier molecular flexibility index (Phi) is 7.06. The summed E-state index contributed by atoms with van der Waals surface area (Å²) in [6.07, 6.45) is 3.59. The summed E-state index contributed by atoms with van der Waals surface area (Å²) in [4.78, 5) is 16.5. The second kappa shape index (κ2) is 9.53. The number of benzene rings is 1. The Bertz CT molecular complexity index is 1070. The van der Waals surface area contributed by atoms with Gasteiger partial charge < -0.3 is 9.73 Å². The number of carbonyl (C=O) groups excluding carboxylic acids is 1. The first-order valence-electron chi connectivity index (χ1n) is 8.47. The van der Waals surface area contributed by atoms with Crippen molar-refractivity contribution in [1.82, 2.24) is 9.71 Å². The quantitative estimate of drug-likeness (QED) is 0.511. The average Bonchev–Trinajstić information content (AvgIpc) is 3.37. The van der Waals surface area contributed by atoms with Crippen molar-refractivity contribution < 1.29 is 22.0 Å². The van der Waals surface area contributed by atoms with E-state index >= 15 is 0 Å². The van der Waals surface area contributed by atoms with Gasteiger partial charge >= 0.3 is 0 Å². The van der Waals surface area contributed by atoms with Gasteiger partial charge in [-0.3, -0.25) is 4.79 Å². The molecule has 1 unspecified atom stereocenters. The van der Waals surface area contributed by atoms with E-state index in [9.17, 15) is 17.6 Å². The van der Waals surface area contributed by atoms with Crippen LogP contribution in [0.15, 0.2) is 57.4 Å². The van der Waals surface area contributed by atoms with Crippen molar-refractivity contribution in [2.24, 2.45) is 0 Å². The average molecular weight is 456 g/mol. The van der Waals surface area contributed by atoms with Crippen LogP contribution in [-0.2, 0) is 14.8 Å². The largest absolute Gasteiger partial charge is 0.463 e. The van der Waals surface area contributed by atoms with E-state index in [2.05, 4.69) is 15.0 Å². The first-order chi connectivity index (χ1) is 13.9. The number of rotatable bonds is 9. The molecule has 1 atom stereocenters. The SMILES string of the molecule is CSCCC(NS(=O)(=O)c1ccccc1F)C(=O)Nc1nc(-c2ccco2)cs1. The Labute approximate surface area is 175 Å². The van der Waals surface area contributed by atoms with E-state index in [4.69, 9.17) is 4.42 Å². The number of sulfonamides is 1. The van der Waals surface area contributed by atoms with Crippen molar-refractivity contribution in [3.63, 3.8) is 0 Å². The van der Waals surface area contributed by atoms with Crippen LogP contribution < -0.4 is 10.0 Å². The summed E-state index contributed by atoms with van der Waals surface area (Å²) in [6, 6.07) is 7.40. The summed E-state index contributed by atoms with van der Waals surface area (Å²) >= 11 is 2.66. The van der Waals surface area contributed by atoms with E-state index in [1.54, 1.807) is 17.5 Å². The van der Waals surface area contributed by atoms with Crippen LogP contribution in [0, 0.1) is 5.82 Å². The van der Waals surface area contributed by atoms with Crippen LogP contribution in [-0.4, -0.2) is 37.4 Å². The van der Waals surface area contributed by atoms with Crippen molar-refractivity contribution in [2.75, 3.05) is 17.3 Å². The van der Waals surface area contributed by atoms with Gasteiger partial charge in [-0.25, -0.2) is 17.8 Å². The van der Waals surface area contributed by atoms with Crippen LogP contribution >= 0.6 is 23.1 Å². The topological polar surface area (TPSA) is 101 Å². The first-order valence-corrected chi connectivity index (χ1v) is 12.2. The monoisotopic (exact) mass is 455 g/mol. The van der Waals surface area contributed by atoms with Crippen molar-refractivity contribution >= 4 is 44.2 Å². The fourth-order valence-corrected chi connectivity index (χ4v) is 4.94. The van der Waals surface area contributed by atoms with Gasteiger partial charge in [-0.05, 0) is 42.7 Å². The molecular formula is C18H18FN3O4S3. The highest BCUT2D eigenvalue weighted by molar-refractivity contribution is 7.98. The van der Waals surface area contributed by atoms with Gasteiger partial charge in [-0.2, -0.15) is 16.5 Å². The van der Waals surface area contributed by atoms with Gasteiger partial charge in [-0.15, -0.1) is 11.3 Å². The lowest BCUT2D eigenvalue weighted by Crippen LogP contribution is -2.44. The van der Waals surface area contributed by atoms with Crippen molar-refractivity contribution in [3.8, 4) is 11.5 Å². The summed E-state index contributed by atoms with van der Waals surface area (Å²) < 4.78 is 46.7. The minimum Gasteiger partial charge on any atom is -0.463 e. The van der Waals surface area contributed by atoms with Gasteiger partial charge in [0.1, 0.15) is 22.4 Å². The number of carbonyl (C=O) groups is 1. The number of thiazole rings is 1. The Morgan fingerprint density at radius 3 is 2.79 bits per heavy atom. The van der Waals surface area contributed by atoms with Gasteiger partial charge in [0.15, 0.2) is 10.9 Å². The summed E-state index contributed by atoms with van der Waals surface area (Å²) in [6.45, 7) is 0. The summed E-state index contributed by atoms with van der Waals surface area (Å²) in [5, 5.41) is 4.64. The number of hydrogen-bond donors (Lipinski definition) is 2. The highest BCUT2D eigenvalue weighted by Crippen LogP contribution is 2.25. The van der Waals surface area contributed by atoms with Crippen molar-refractivity contribution in [1.29, 1.82) is 0 Å². The molecular weight excluding hydrogens is 437 g/mol. The second-order valence-electron chi connectivity index (χ2n) is 5.89. The summed E-state index contributed by atoms with van der Waals surface area (Å²) in [5.74, 6) is -0.361. The lowest BCUT2D eigenvalue weighted by atomic mass is 10.2. The Balaban J connectivity index is 1.76. The minimum atomic E-state index is -4.22. The number of nitrogens with zero attached hydrogens (tertiary/aromatic N) is 1. The van der Waals surface area contributed by atoms with Crippen LogP contribution in [0.4, 0.5) is 9.52 Å². The van der Waals surface area contributed by atoms with E-state index in [1.807, 2.05) is 6.26 Å². The molecule has 1 amide bonds. The highest BCUT2D eigenvalue weighted by atomic mass is 32.2. The summed E-state index contributed by atoms with van der Waals surface area (Å²) in [7, 11) is -4.22. The van der Waals surface area contributed by atoms with E-state index in [-0.39, 0.29) is 6.42 Å². The minimum absolute atomic E-state index is 0.233. The maximum atomic E-state index is 13.9. The lowest BCUT2D eigenvalue weighted by molar-refractivity contribution is -0.117. The van der Waals surface area contributed by atoms with Gasteiger partial charge in [0.25, 0.3) is 0 Å². The molecule has 0 fully saturated rings. The molecule has 0 spiro atoms.